The van der Waals surface area contributed by atoms with E-state index in [0.717, 1.165) is 34.0 Å². The summed E-state index contributed by atoms with van der Waals surface area (Å²) in [6, 6.07) is 17.9. The second-order valence-corrected chi connectivity index (χ2v) is 9.99. The van der Waals surface area contributed by atoms with Gasteiger partial charge in [0.15, 0.2) is 0 Å². The Kier molecular flexibility index (Phi) is 6.24. The number of rotatable bonds is 6. The quantitative estimate of drug-likeness (QED) is 0.585. The lowest BCUT2D eigenvalue weighted by molar-refractivity contribution is 0.182. The maximum atomic E-state index is 11.8. The fourth-order valence-electron chi connectivity index (χ4n) is 3.76. The topological polar surface area (TPSA) is 58.4 Å². The van der Waals surface area contributed by atoms with Gasteiger partial charge >= 0.3 is 0 Å². The summed E-state index contributed by atoms with van der Waals surface area (Å²) in [6.45, 7) is 3.78. The average molecular weight is 445 g/mol. The van der Waals surface area contributed by atoms with Crippen molar-refractivity contribution in [2.45, 2.75) is 13.1 Å². The Hall–Kier alpha value is -2.19. The largest absolute Gasteiger partial charge is 0.296 e. The molecule has 1 aliphatic rings. The molecule has 30 heavy (non-hydrogen) atoms. The zero-order chi connectivity index (χ0) is 21.1. The van der Waals surface area contributed by atoms with E-state index in [9.17, 15) is 8.42 Å². The minimum atomic E-state index is -3.13. The SMILES string of the molecule is CS(=O)(=O)N1CCN(Cc2cn(Cc3ccccc3Cl)nc2-c2ccccc2)CC1. The van der Waals surface area contributed by atoms with E-state index in [-0.39, 0.29) is 0 Å². The molecule has 6 nitrogen and oxygen atoms in total. The Morgan fingerprint density at radius 3 is 2.23 bits per heavy atom. The summed E-state index contributed by atoms with van der Waals surface area (Å²) in [7, 11) is -3.13. The third-order valence-electron chi connectivity index (χ3n) is 5.37. The highest BCUT2D eigenvalue weighted by molar-refractivity contribution is 7.88. The standard InChI is InChI=1S/C22H25ClN4O2S/c1-30(28,29)27-13-11-25(12-14-27)15-20-17-26(16-19-9-5-6-10-21(19)23)24-22(20)18-7-3-2-4-8-18/h2-10,17H,11-16H2,1H3. The van der Waals surface area contributed by atoms with Crippen LogP contribution in [0.4, 0.5) is 0 Å². The molecule has 0 saturated carbocycles. The van der Waals surface area contributed by atoms with Gasteiger partial charge in [-0.15, -0.1) is 0 Å². The highest BCUT2D eigenvalue weighted by Gasteiger charge is 2.24. The van der Waals surface area contributed by atoms with E-state index in [2.05, 4.69) is 23.2 Å². The predicted octanol–water partition coefficient (Wildman–Crippen LogP) is 3.33. The number of nitrogens with zero attached hydrogens (tertiary/aromatic N) is 4. The van der Waals surface area contributed by atoms with Gasteiger partial charge < -0.3 is 0 Å². The minimum absolute atomic E-state index is 0.521. The van der Waals surface area contributed by atoms with Crippen LogP contribution in [0.15, 0.2) is 60.8 Å². The maximum absolute atomic E-state index is 11.8. The summed E-state index contributed by atoms with van der Waals surface area (Å²) in [5, 5.41) is 5.59. The van der Waals surface area contributed by atoms with Crippen molar-refractivity contribution >= 4 is 21.6 Å². The third kappa shape index (κ3) is 4.92. The second kappa shape index (κ2) is 8.89. The van der Waals surface area contributed by atoms with Gasteiger partial charge in [0.2, 0.25) is 10.0 Å². The number of aromatic nitrogens is 2. The second-order valence-electron chi connectivity index (χ2n) is 7.60. The number of hydrogen-bond acceptors (Lipinski definition) is 4. The molecule has 0 aliphatic carbocycles. The van der Waals surface area contributed by atoms with Crippen molar-refractivity contribution < 1.29 is 8.42 Å². The smallest absolute Gasteiger partial charge is 0.211 e. The van der Waals surface area contributed by atoms with Crippen LogP contribution >= 0.6 is 11.6 Å². The fourth-order valence-corrected chi connectivity index (χ4v) is 4.78. The molecule has 4 rings (SSSR count). The van der Waals surface area contributed by atoms with Gasteiger partial charge in [0.05, 0.1) is 18.5 Å². The van der Waals surface area contributed by atoms with Crippen LogP contribution in [0.2, 0.25) is 5.02 Å². The normalized spacial score (nSPS) is 16.1. The molecule has 1 aromatic heterocycles. The van der Waals surface area contributed by atoms with Crippen LogP contribution in [0, 0.1) is 0 Å². The third-order valence-corrected chi connectivity index (χ3v) is 7.04. The van der Waals surface area contributed by atoms with E-state index < -0.39 is 10.0 Å². The Labute approximate surface area is 182 Å². The summed E-state index contributed by atoms with van der Waals surface area (Å²) in [6.07, 6.45) is 3.35. The average Bonchev–Trinajstić information content (AvgIpc) is 3.12. The van der Waals surface area contributed by atoms with Crippen molar-refractivity contribution in [1.82, 2.24) is 19.0 Å². The van der Waals surface area contributed by atoms with Crippen LogP contribution in [0.5, 0.6) is 0 Å². The van der Waals surface area contributed by atoms with Gasteiger partial charge in [-0.2, -0.15) is 9.40 Å². The molecule has 3 aromatic rings. The lowest BCUT2D eigenvalue weighted by atomic mass is 10.1. The van der Waals surface area contributed by atoms with Crippen LogP contribution in [-0.4, -0.2) is 59.8 Å². The monoisotopic (exact) mass is 444 g/mol. The molecule has 0 amide bonds. The first kappa shape index (κ1) is 21.1. The molecule has 2 aromatic carbocycles. The van der Waals surface area contributed by atoms with E-state index in [1.54, 1.807) is 4.31 Å². The molecule has 2 heterocycles. The minimum Gasteiger partial charge on any atom is -0.296 e. The first-order valence-corrected chi connectivity index (χ1v) is 12.2. The van der Waals surface area contributed by atoms with Crippen molar-refractivity contribution in [2.24, 2.45) is 0 Å². The predicted molar refractivity (Wildman–Crippen MR) is 120 cm³/mol. The van der Waals surface area contributed by atoms with Gasteiger partial charge in [-0.1, -0.05) is 60.1 Å². The molecule has 0 radical (unpaired) electrons. The highest BCUT2D eigenvalue weighted by atomic mass is 35.5. The lowest BCUT2D eigenvalue weighted by Crippen LogP contribution is -2.47. The molecule has 0 unspecified atom stereocenters. The van der Waals surface area contributed by atoms with Crippen molar-refractivity contribution in [3.63, 3.8) is 0 Å². The number of benzene rings is 2. The lowest BCUT2D eigenvalue weighted by Gasteiger charge is -2.33. The molecule has 1 fully saturated rings. The van der Waals surface area contributed by atoms with Gasteiger partial charge in [-0.25, -0.2) is 8.42 Å². The molecule has 0 atom stereocenters. The number of sulfonamides is 1. The molecule has 1 saturated heterocycles. The fraction of sp³-hybridized carbons (Fsp3) is 0.318. The van der Waals surface area contributed by atoms with Crippen LogP contribution in [-0.2, 0) is 23.1 Å². The van der Waals surface area contributed by atoms with E-state index >= 15 is 0 Å². The highest BCUT2D eigenvalue weighted by Crippen LogP contribution is 2.25. The van der Waals surface area contributed by atoms with Gasteiger partial charge in [0, 0.05) is 55.1 Å². The van der Waals surface area contributed by atoms with Gasteiger partial charge in [-0.05, 0) is 11.6 Å². The molecule has 0 spiro atoms. The molecular weight excluding hydrogens is 420 g/mol. The summed E-state index contributed by atoms with van der Waals surface area (Å²) < 4.78 is 27.0. The molecule has 0 N–H and O–H groups in total. The Morgan fingerprint density at radius 1 is 0.900 bits per heavy atom. The van der Waals surface area contributed by atoms with E-state index in [1.165, 1.54) is 6.26 Å². The molecule has 1 aliphatic heterocycles. The van der Waals surface area contributed by atoms with E-state index in [0.29, 0.717) is 32.7 Å². The zero-order valence-corrected chi connectivity index (χ0v) is 18.5. The molecule has 8 heteroatoms. The van der Waals surface area contributed by atoms with Gasteiger partial charge in [-0.3, -0.25) is 9.58 Å². The van der Waals surface area contributed by atoms with Crippen molar-refractivity contribution in [3.05, 3.63) is 76.9 Å². The zero-order valence-electron chi connectivity index (χ0n) is 16.9. The number of hydrogen-bond donors (Lipinski definition) is 0. The first-order valence-electron chi connectivity index (χ1n) is 9.93. The van der Waals surface area contributed by atoms with Crippen LogP contribution in [0.3, 0.4) is 0 Å². The Balaban J connectivity index is 1.57. The summed E-state index contributed by atoms with van der Waals surface area (Å²) in [5.41, 5.74) is 4.17. The molecule has 0 bridgehead atoms. The van der Waals surface area contributed by atoms with Crippen molar-refractivity contribution in [3.8, 4) is 11.3 Å². The Morgan fingerprint density at radius 2 is 1.57 bits per heavy atom. The summed E-state index contributed by atoms with van der Waals surface area (Å²) in [4.78, 5) is 2.28. The summed E-state index contributed by atoms with van der Waals surface area (Å²) >= 11 is 6.34. The van der Waals surface area contributed by atoms with E-state index in [1.807, 2.05) is 47.1 Å². The maximum Gasteiger partial charge on any atom is 0.211 e. The Bertz CT molecular complexity index is 1110. The van der Waals surface area contributed by atoms with Crippen LogP contribution in [0.25, 0.3) is 11.3 Å². The van der Waals surface area contributed by atoms with Crippen molar-refractivity contribution in [2.75, 3.05) is 32.4 Å². The van der Waals surface area contributed by atoms with Gasteiger partial charge in [0.1, 0.15) is 0 Å². The number of piperazine rings is 1. The summed E-state index contributed by atoms with van der Waals surface area (Å²) in [5.74, 6) is 0. The van der Waals surface area contributed by atoms with Crippen LogP contribution in [0.1, 0.15) is 11.1 Å². The molecule has 158 valence electrons. The van der Waals surface area contributed by atoms with Gasteiger partial charge in [0.25, 0.3) is 0 Å². The molecular formula is C22H25ClN4O2S. The van der Waals surface area contributed by atoms with Crippen LogP contribution < -0.4 is 0 Å². The number of halogens is 1. The van der Waals surface area contributed by atoms with E-state index in [4.69, 9.17) is 16.7 Å². The van der Waals surface area contributed by atoms with Crippen molar-refractivity contribution in [1.29, 1.82) is 0 Å². The first-order chi connectivity index (χ1) is 14.4.